The van der Waals surface area contributed by atoms with Crippen LogP contribution in [0.25, 0.3) is 0 Å². The molecule has 0 aliphatic carbocycles. The zero-order valence-electron chi connectivity index (χ0n) is 11.7. The highest BCUT2D eigenvalue weighted by molar-refractivity contribution is 7.89. The number of methoxy groups -OCH3 is 1. The Morgan fingerprint density at radius 1 is 1.11 bits per heavy atom. The van der Waals surface area contributed by atoms with E-state index < -0.39 is 10.0 Å². The van der Waals surface area contributed by atoms with E-state index in [1.54, 1.807) is 35.7 Å². The molecule has 1 aromatic carbocycles. The van der Waals surface area contributed by atoms with E-state index in [1.165, 1.54) is 0 Å². The minimum absolute atomic E-state index is 0.342. The first-order valence-corrected chi connectivity index (χ1v) is 8.01. The Hall–Kier alpha value is -1.07. The maximum absolute atomic E-state index is 12.6. The van der Waals surface area contributed by atoms with Gasteiger partial charge in [-0.05, 0) is 42.5 Å². The lowest BCUT2D eigenvalue weighted by molar-refractivity contribution is 0.222. The Morgan fingerprint density at radius 3 is 2.11 bits per heavy atom. The van der Waals surface area contributed by atoms with Crippen molar-refractivity contribution in [2.24, 2.45) is 11.8 Å². The van der Waals surface area contributed by atoms with Gasteiger partial charge >= 0.3 is 0 Å². The van der Waals surface area contributed by atoms with Crippen LogP contribution in [0, 0.1) is 11.8 Å². The molecule has 0 aromatic heterocycles. The van der Waals surface area contributed by atoms with Crippen LogP contribution in [0.15, 0.2) is 29.2 Å². The smallest absolute Gasteiger partial charge is 0.243 e. The number of sulfonamides is 1. The van der Waals surface area contributed by atoms with Crippen molar-refractivity contribution in [2.45, 2.75) is 25.2 Å². The first-order valence-electron chi connectivity index (χ1n) is 6.57. The van der Waals surface area contributed by atoms with Crippen molar-refractivity contribution < 1.29 is 13.2 Å². The van der Waals surface area contributed by atoms with Crippen LogP contribution in [0.3, 0.4) is 0 Å². The highest BCUT2D eigenvalue weighted by atomic mass is 32.2. The molecule has 0 N–H and O–H groups in total. The monoisotopic (exact) mass is 283 g/mol. The summed E-state index contributed by atoms with van der Waals surface area (Å²) in [6.07, 6.45) is 1.09. The number of benzene rings is 1. The van der Waals surface area contributed by atoms with E-state index in [4.69, 9.17) is 4.74 Å². The van der Waals surface area contributed by atoms with E-state index in [-0.39, 0.29) is 0 Å². The third kappa shape index (κ3) is 3.09. The number of rotatable bonds is 3. The van der Waals surface area contributed by atoms with E-state index in [0.717, 1.165) is 6.42 Å². The van der Waals surface area contributed by atoms with Crippen LogP contribution >= 0.6 is 0 Å². The number of hydrogen-bond donors (Lipinski definition) is 0. The van der Waals surface area contributed by atoms with Gasteiger partial charge < -0.3 is 4.74 Å². The summed E-state index contributed by atoms with van der Waals surface area (Å²) in [7, 11) is -1.81. The second kappa shape index (κ2) is 5.51. The maximum atomic E-state index is 12.6. The second-order valence-corrected chi connectivity index (χ2v) is 7.38. The van der Waals surface area contributed by atoms with Gasteiger partial charge in [0.15, 0.2) is 0 Å². The molecule has 0 bridgehead atoms. The first kappa shape index (κ1) is 14.3. The van der Waals surface area contributed by atoms with Crippen LogP contribution in [0.2, 0.25) is 0 Å². The minimum atomic E-state index is -3.38. The summed E-state index contributed by atoms with van der Waals surface area (Å²) in [5.74, 6) is 1.49. The third-order valence-corrected chi connectivity index (χ3v) is 5.38. The summed E-state index contributed by atoms with van der Waals surface area (Å²) >= 11 is 0. The fraction of sp³-hybridized carbons (Fsp3) is 0.571. The summed E-state index contributed by atoms with van der Waals surface area (Å²) in [6, 6.07) is 6.59. The molecule has 1 aliphatic heterocycles. The number of hydrogen-bond acceptors (Lipinski definition) is 3. The van der Waals surface area contributed by atoms with Crippen molar-refractivity contribution >= 4 is 10.0 Å². The van der Waals surface area contributed by atoms with Gasteiger partial charge in [0.25, 0.3) is 0 Å². The normalized spacial score (nSPS) is 25.2. The topological polar surface area (TPSA) is 46.6 Å². The highest BCUT2D eigenvalue weighted by Crippen LogP contribution is 2.27. The minimum Gasteiger partial charge on any atom is -0.497 e. The zero-order chi connectivity index (χ0) is 14.0. The molecule has 1 aliphatic rings. The van der Waals surface area contributed by atoms with Crippen LogP contribution in [-0.4, -0.2) is 32.9 Å². The van der Waals surface area contributed by atoms with E-state index in [1.807, 2.05) is 0 Å². The van der Waals surface area contributed by atoms with Crippen molar-refractivity contribution in [3.8, 4) is 5.75 Å². The van der Waals surface area contributed by atoms with Crippen molar-refractivity contribution in [3.05, 3.63) is 24.3 Å². The van der Waals surface area contributed by atoms with Gasteiger partial charge in [-0.2, -0.15) is 4.31 Å². The summed E-state index contributed by atoms with van der Waals surface area (Å²) in [5.41, 5.74) is 0. The molecule has 106 valence electrons. The summed E-state index contributed by atoms with van der Waals surface area (Å²) < 4.78 is 31.8. The largest absolute Gasteiger partial charge is 0.497 e. The fourth-order valence-electron chi connectivity index (χ4n) is 2.70. The van der Waals surface area contributed by atoms with Crippen molar-refractivity contribution in [1.82, 2.24) is 4.31 Å². The fourth-order valence-corrected chi connectivity index (χ4v) is 4.38. The molecule has 0 spiro atoms. The van der Waals surface area contributed by atoms with Gasteiger partial charge in [-0.1, -0.05) is 13.8 Å². The van der Waals surface area contributed by atoms with Crippen molar-refractivity contribution in [1.29, 1.82) is 0 Å². The highest BCUT2D eigenvalue weighted by Gasteiger charge is 2.31. The Morgan fingerprint density at radius 2 is 1.63 bits per heavy atom. The average Bonchev–Trinajstić information content (AvgIpc) is 2.37. The van der Waals surface area contributed by atoms with E-state index in [9.17, 15) is 8.42 Å². The number of nitrogens with zero attached hydrogens (tertiary/aromatic N) is 1. The summed E-state index contributed by atoms with van der Waals surface area (Å²) in [6.45, 7) is 5.43. The second-order valence-electron chi connectivity index (χ2n) is 5.44. The molecule has 2 rings (SSSR count). The molecule has 1 heterocycles. The molecule has 0 amide bonds. The maximum Gasteiger partial charge on any atom is 0.243 e. The Labute approximate surface area is 115 Å². The molecule has 0 radical (unpaired) electrons. The van der Waals surface area contributed by atoms with E-state index in [2.05, 4.69) is 13.8 Å². The lowest BCUT2D eigenvalue weighted by atomic mass is 9.94. The van der Waals surface area contributed by atoms with Crippen LogP contribution < -0.4 is 4.74 Å². The number of piperidine rings is 1. The Balaban J connectivity index is 2.25. The van der Waals surface area contributed by atoms with Crippen molar-refractivity contribution in [3.63, 3.8) is 0 Å². The first-order chi connectivity index (χ1) is 8.93. The molecule has 4 nitrogen and oxygen atoms in total. The molecule has 0 saturated carbocycles. The molecular formula is C14H21NO3S. The van der Waals surface area contributed by atoms with Gasteiger partial charge in [-0.3, -0.25) is 0 Å². The predicted molar refractivity (Wildman–Crippen MR) is 74.7 cm³/mol. The molecular weight excluding hydrogens is 262 g/mol. The van der Waals surface area contributed by atoms with Crippen LogP contribution in [0.5, 0.6) is 5.75 Å². The SMILES string of the molecule is COc1ccc(S(=O)(=O)N2CC(C)CC(C)C2)cc1. The Bertz CT molecular complexity index is 514. The molecule has 19 heavy (non-hydrogen) atoms. The van der Waals surface area contributed by atoms with Gasteiger partial charge in [-0.25, -0.2) is 8.42 Å². The molecule has 1 aromatic rings. The summed E-state index contributed by atoms with van der Waals surface area (Å²) in [4.78, 5) is 0.342. The number of ether oxygens (including phenoxy) is 1. The van der Waals surface area contributed by atoms with Crippen LogP contribution in [0.4, 0.5) is 0 Å². The predicted octanol–water partition coefficient (Wildman–Crippen LogP) is 2.36. The van der Waals surface area contributed by atoms with Crippen LogP contribution in [0.1, 0.15) is 20.3 Å². The van der Waals surface area contributed by atoms with Crippen LogP contribution in [-0.2, 0) is 10.0 Å². The van der Waals surface area contributed by atoms with E-state index in [0.29, 0.717) is 35.6 Å². The van der Waals surface area contributed by atoms with Gasteiger partial charge in [-0.15, -0.1) is 0 Å². The summed E-state index contributed by atoms with van der Waals surface area (Å²) in [5, 5.41) is 0. The van der Waals surface area contributed by atoms with Gasteiger partial charge in [0, 0.05) is 13.1 Å². The average molecular weight is 283 g/mol. The lowest BCUT2D eigenvalue weighted by Crippen LogP contribution is -2.42. The molecule has 1 fully saturated rings. The molecule has 1 saturated heterocycles. The molecule has 2 unspecified atom stereocenters. The molecule has 2 atom stereocenters. The quantitative estimate of drug-likeness (QED) is 0.855. The van der Waals surface area contributed by atoms with Gasteiger partial charge in [0.2, 0.25) is 10.0 Å². The van der Waals surface area contributed by atoms with Gasteiger partial charge in [0.1, 0.15) is 5.75 Å². The van der Waals surface area contributed by atoms with E-state index >= 15 is 0 Å². The Kier molecular flexibility index (Phi) is 4.16. The van der Waals surface area contributed by atoms with Crippen molar-refractivity contribution in [2.75, 3.05) is 20.2 Å². The standard InChI is InChI=1S/C14H21NO3S/c1-11-8-12(2)10-15(9-11)19(16,17)14-6-4-13(18-3)5-7-14/h4-7,11-12H,8-10H2,1-3H3. The third-order valence-electron chi connectivity index (χ3n) is 3.53. The van der Waals surface area contributed by atoms with Gasteiger partial charge in [0.05, 0.1) is 12.0 Å². The zero-order valence-corrected chi connectivity index (χ0v) is 12.5. The molecule has 5 heteroatoms. The lowest BCUT2D eigenvalue weighted by Gasteiger charge is -2.34.